The molecule has 8 heavy (non-hydrogen) atoms. The maximum atomic E-state index is 5.56. The van der Waals surface area contributed by atoms with Crippen LogP contribution in [0.15, 0.2) is 18.2 Å². The molecule has 0 saturated carbocycles. The summed E-state index contributed by atoms with van der Waals surface area (Å²) in [5.41, 5.74) is 0. The first-order valence-corrected chi connectivity index (χ1v) is 3.76. The van der Waals surface area contributed by atoms with Crippen molar-refractivity contribution in [2.45, 2.75) is 0 Å². The van der Waals surface area contributed by atoms with Crippen molar-refractivity contribution in [3.8, 4) is 0 Å². The average molecular weight is 136 g/mol. The Morgan fingerprint density at radius 1 is 1.50 bits per heavy atom. The van der Waals surface area contributed by atoms with E-state index in [1.165, 1.54) is 0 Å². The molecule has 1 aromatic heterocycles. The normalized spacial score (nSPS) is 9.38. The van der Waals surface area contributed by atoms with E-state index in [1.54, 1.807) is 6.07 Å². The molecule has 0 N–H and O–H groups in total. The van der Waals surface area contributed by atoms with Gasteiger partial charge in [0.05, 0.1) is 0 Å². The molecule has 1 rings (SSSR count). The first kappa shape index (κ1) is 6.56. The SMILES string of the molecule is [Na][c]1cccc(Cl)n1. The van der Waals surface area contributed by atoms with E-state index < -0.39 is 0 Å². The number of hydrogen-bond donors (Lipinski definition) is 0. The molecule has 1 nitrogen and oxygen atoms in total. The van der Waals surface area contributed by atoms with Crippen molar-refractivity contribution < 1.29 is 0 Å². The third-order valence-corrected chi connectivity index (χ3v) is 1.62. The Morgan fingerprint density at radius 2 is 2.25 bits per heavy atom. The summed E-state index contributed by atoms with van der Waals surface area (Å²) >= 11 is 6.53. The van der Waals surface area contributed by atoms with Crippen molar-refractivity contribution in [3.05, 3.63) is 23.4 Å². The maximum absolute atomic E-state index is 5.56. The summed E-state index contributed by atoms with van der Waals surface area (Å²) in [7, 11) is 0. The Hall–Kier alpha value is 0.440. The van der Waals surface area contributed by atoms with Gasteiger partial charge in [-0.2, -0.15) is 0 Å². The average Bonchev–Trinajstić information content (AvgIpc) is 1.64. The van der Waals surface area contributed by atoms with Crippen LogP contribution in [0.1, 0.15) is 0 Å². The summed E-state index contributed by atoms with van der Waals surface area (Å²) in [5.74, 6) is 0. The van der Waals surface area contributed by atoms with Gasteiger partial charge in [0, 0.05) is 0 Å². The van der Waals surface area contributed by atoms with E-state index in [-0.39, 0.29) is 0 Å². The second-order valence-electron chi connectivity index (χ2n) is 1.60. The van der Waals surface area contributed by atoms with Gasteiger partial charge in [-0.05, 0) is 0 Å². The Balaban J connectivity index is 3.08. The predicted octanol–water partition coefficient (Wildman–Crippen LogP) is 0.529. The summed E-state index contributed by atoms with van der Waals surface area (Å²) < 4.78 is 1.09. The Labute approximate surface area is 70.5 Å². The topological polar surface area (TPSA) is 12.9 Å². The molecule has 0 aliphatic heterocycles. The van der Waals surface area contributed by atoms with E-state index in [0.29, 0.717) is 5.15 Å². The monoisotopic (exact) mass is 135 g/mol. The van der Waals surface area contributed by atoms with Gasteiger partial charge < -0.3 is 0 Å². The molecule has 0 bridgehead atoms. The van der Waals surface area contributed by atoms with Gasteiger partial charge in [-0.25, -0.2) is 0 Å². The number of hydrogen-bond acceptors (Lipinski definition) is 1. The van der Waals surface area contributed by atoms with Gasteiger partial charge in [-0.3, -0.25) is 0 Å². The van der Waals surface area contributed by atoms with Gasteiger partial charge in [-0.15, -0.1) is 0 Å². The minimum atomic E-state index is 0.595. The molecule has 0 radical (unpaired) electrons. The molecule has 0 aliphatic rings. The number of aromatic nitrogens is 1. The Kier molecular flexibility index (Phi) is 2.32. The minimum absolute atomic E-state index is 0.595. The first-order valence-electron chi connectivity index (χ1n) is 2.38. The summed E-state index contributed by atoms with van der Waals surface area (Å²) in [4.78, 5) is 4.00. The van der Waals surface area contributed by atoms with E-state index in [2.05, 4.69) is 4.98 Å². The molecule has 0 spiro atoms. The molecule has 0 fully saturated rings. The van der Waals surface area contributed by atoms with Crippen molar-refractivity contribution >= 4 is 42.5 Å². The molecule has 36 valence electrons. The van der Waals surface area contributed by atoms with E-state index in [0.717, 1.165) is 30.9 Å². The van der Waals surface area contributed by atoms with Crippen LogP contribution in [0.25, 0.3) is 0 Å². The van der Waals surface area contributed by atoms with Gasteiger partial charge in [0.1, 0.15) is 0 Å². The fourth-order valence-corrected chi connectivity index (χ4v) is 1.29. The fourth-order valence-electron chi connectivity index (χ4n) is 0.510. The standard InChI is InChI=1S/C5H3ClN.Na/c6-5-3-1-2-4-7-5;/h1-3H;. The van der Waals surface area contributed by atoms with E-state index in [4.69, 9.17) is 11.6 Å². The predicted molar refractivity (Wildman–Crippen MR) is 34.6 cm³/mol. The summed E-state index contributed by atoms with van der Waals surface area (Å²) in [6, 6.07) is 5.67. The van der Waals surface area contributed by atoms with Crippen LogP contribution in [0, 0.1) is 0 Å². The Bertz CT molecular complexity index is 172. The van der Waals surface area contributed by atoms with E-state index in [9.17, 15) is 0 Å². The Morgan fingerprint density at radius 3 is 2.62 bits per heavy atom. The third kappa shape index (κ3) is 1.75. The number of rotatable bonds is 0. The van der Waals surface area contributed by atoms with Gasteiger partial charge in [-0.1, -0.05) is 0 Å². The molecule has 1 heterocycles. The van der Waals surface area contributed by atoms with Crippen molar-refractivity contribution in [1.82, 2.24) is 4.98 Å². The zero-order valence-corrected chi connectivity index (χ0v) is 7.31. The van der Waals surface area contributed by atoms with Crippen molar-refractivity contribution in [3.63, 3.8) is 0 Å². The second kappa shape index (κ2) is 2.83. The van der Waals surface area contributed by atoms with Gasteiger partial charge >= 0.3 is 70.8 Å². The zero-order valence-electron chi connectivity index (χ0n) is 4.56. The van der Waals surface area contributed by atoms with Crippen molar-refractivity contribution in [1.29, 1.82) is 0 Å². The number of halogens is 1. The molecule has 1 aromatic rings. The molecule has 0 atom stereocenters. The quantitative estimate of drug-likeness (QED) is 0.374. The van der Waals surface area contributed by atoms with Crippen LogP contribution in [0.2, 0.25) is 5.15 Å². The fraction of sp³-hybridized carbons (Fsp3) is 0. The van der Waals surface area contributed by atoms with Crippen LogP contribution < -0.4 is 2.94 Å². The van der Waals surface area contributed by atoms with Gasteiger partial charge in [0.2, 0.25) is 0 Å². The van der Waals surface area contributed by atoms with Crippen LogP contribution in [-0.2, 0) is 0 Å². The van der Waals surface area contributed by atoms with Gasteiger partial charge in [0.25, 0.3) is 0 Å². The zero-order chi connectivity index (χ0) is 5.98. The first-order chi connectivity index (χ1) is 3.79. The summed E-state index contributed by atoms with van der Waals surface area (Å²) in [5, 5.41) is 0.595. The molecule has 0 amide bonds. The van der Waals surface area contributed by atoms with Crippen LogP contribution >= 0.6 is 11.6 Å². The van der Waals surface area contributed by atoms with Gasteiger partial charge in [0.15, 0.2) is 0 Å². The summed E-state index contributed by atoms with van der Waals surface area (Å²) in [6.07, 6.45) is 0. The molecular weight excluding hydrogens is 133 g/mol. The van der Waals surface area contributed by atoms with Crippen LogP contribution in [0.3, 0.4) is 0 Å². The number of nitrogens with zero attached hydrogens (tertiary/aromatic N) is 1. The molecule has 3 heteroatoms. The number of pyridine rings is 1. The van der Waals surface area contributed by atoms with Crippen LogP contribution in [0.5, 0.6) is 0 Å². The van der Waals surface area contributed by atoms with Crippen molar-refractivity contribution in [2.24, 2.45) is 0 Å². The molecular formula is C5H3ClNNa. The van der Waals surface area contributed by atoms with E-state index in [1.807, 2.05) is 12.1 Å². The summed E-state index contributed by atoms with van der Waals surface area (Å²) in [6.45, 7) is 0. The van der Waals surface area contributed by atoms with Crippen molar-refractivity contribution in [2.75, 3.05) is 0 Å². The molecule has 0 saturated heterocycles. The molecule has 0 aliphatic carbocycles. The molecule has 0 unspecified atom stereocenters. The third-order valence-electron chi connectivity index (χ3n) is 0.854. The second-order valence-corrected chi connectivity index (χ2v) is 3.01. The van der Waals surface area contributed by atoms with E-state index >= 15 is 0 Å². The molecule has 0 aromatic carbocycles. The van der Waals surface area contributed by atoms with Crippen LogP contribution in [0.4, 0.5) is 0 Å². The van der Waals surface area contributed by atoms with Crippen LogP contribution in [-0.4, -0.2) is 32.9 Å².